The van der Waals surface area contributed by atoms with E-state index in [0.29, 0.717) is 10.6 Å². The zero-order valence-corrected chi connectivity index (χ0v) is 11.8. The summed E-state index contributed by atoms with van der Waals surface area (Å²) in [5.41, 5.74) is 6.39. The fourth-order valence-corrected chi connectivity index (χ4v) is 3.70. The number of aryl methyl sites for hydroxylation is 1. The molecule has 0 bridgehead atoms. The molecule has 0 radical (unpaired) electrons. The summed E-state index contributed by atoms with van der Waals surface area (Å²) in [7, 11) is -3.79. The minimum absolute atomic E-state index is 0.00759. The minimum Gasteiger partial charge on any atom is -0.397 e. The lowest BCUT2D eigenvalue weighted by molar-refractivity contribution is 0.0572. The van der Waals surface area contributed by atoms with Gasteiger partial charge in [-0.25, -0.2) is 8.42 Å². The van der Waals surface area contributed by atoms with Crippen LogP contribution in [0.2, 0.25) is 5.02 Å². The maximum atomic E-state index is 12.3. The van der Waals surface area contributed by atoms with E-state index in [0.717, 1.165) is 4.31 Å². The van der Waals surface area contributed by atoms with Gasteiger partial charge >= 0.3 is 0 Å². The number of aliphatic hydroxyl groups is 2. The molecular formula is C11H15ClN2O4S. The highest BCUT2D eigenvalue weighted by Gasteiger charge is 2.37. The summed E-state index contributed by atoms with van der Waals surface area (Å²) in [4.78, 5) is 0.00759. The van der Waals surface area contributed by atoms with Gasteiger partial charge in [-0.05, 0) is 24.6 Å². The zero-order valence-electron chi connectivity index (χ0n) is 10.2. The first-order valence-corrected chi connectivity index (χ1v) is 7.47. The average Bonchev–Trinajstić information content (AvgIpc) is 2.66. The third-order valence-electron chi connectivity index (χ3n) is 3.12. The Bertz CT molecular complexity index is 572. The Labute approximate surface area is 116 Å². The van der Waals surface area contributed by atoms with Crippen molar-refractivity contribution in [2.75, 3.05) is 18.8 Å². The van der Waals surface area contributed by atoms with Crippen molar-refractivity contribution < 1.29 is 18.6 Å². The van der Waals surface area contributed by atoms with Crippen molar-refractivity contribution in [1.29, 1.82) is 0 Å². The predicted molar refractivity (Wildman–Crippen MR) is 71.4 cm³/mol. The molecule has 6 nitrogen and oxygen atoms in total. The number of hydrogen-bond donors (Lipinski definition) is 3. The van der Waals surface area contributed by atoms with Gasteiger partial charge in [0.25, 0.3) is 0 Å². The molecule has 1 fully saturated rings. The molecule has 0 unspecified atom stereocenters. The number of halogens is 1. The van der Waals surface area contributed by atoms with Gasteiger partial charge in [0.05, 0.1) is 27.8 Å². The Balaban J connectivity index is 2.41. The number of anilines is 1. The SMILES string of the molecule is Cc1cc(S(=O)(=O)N2C[C@@H](O)[C@@H](O)C2)cc(N)c1Cl. The first-order chi connectivity index (χ1) is 8.73. The molecule has 8 heteroatoms. The molecule has 1 aromatic rings. The standard InChI is InChI=1S/C11H15ClN2O4S/c1-6-2-7(3-8(13)11(6)12)19(17,18)14-4-9(15)10(16)5-14/h2-3,9-10,15-16H,4-5,13H2,1H3/t9-,10+. The summed E-state index contributed by atoms with van der Waals surface area (Å²) in [6.45, 7) is 1.39. The van der Waals surface area contributed by atoms with Crippen LogP contribution in [0.4, 0.5) is 5.69 Å². The van der Waals surface area contributed by atoms with Crippen LogP contribution < -0.4 is 5.73 Å². The Morgan fingerprint density at radius 1 is 1.32 bits per heavy atom. The Kier molecular flexibility index (Phi) is 3.76. The lowest BCUT2D eigenvalue weighted by Crippen LogP contribution is -2.30. The first kappa shape index (κ1) is 14.5. The summed E-state index contributed by atoms with van der Waals surface area (Å²) < 4.78 is 25.7. The molecule has 1 aliphatic rings. The number of nitrogen functional groups attached to an aromatic ring is 1. The Morgan fingerprint density at radius 3 is 2.32 bits per heavy atom. The molecule has 106 valence electrons. The Morgan fingerprint density at radius 2 is 1.84 bits per heavy atom. The molecular weight excluding hydrogens is 292 g/mol. The number of hydrogen-bond acceptors (Lipinski definition) is 5. The van der Waals surface area contributed by atoms with E-state index in [-0.39, 0.29) is 23.7 Å². The van der Waals surface area contributed by atoms with E-state index in [1.54, 1.807) is 6.92 Å². The van der Waals surface area contributed by atoms with Crippen LogP contribution in [0.1, 0.15) is 5.56 Å². The number of rotatable bonds is 2. The third-order valence-corrected chi connectivity index (χ3v) is 5.45. The number of β-amino-alcohol motifs (C(OH)–C–C–N with tert-alkyl or cyclic N) is 2. The molecule has 2 atom stereocenters. The fourth-order valence-electron chi connectivity index (χ4n) is 1.99. The topological polar surface area (TPSA) is 104 Å². The summed E-state index contributed by atoms with van der Waals surface area (Å²) in [6.07, 6.45) is -2.14. The minimum atomic E-state index is -3.79. The van der Waals surface area contributed by atoms with E-state index >= 15 is 0 Å². The summed E-state index contributed by atoms with van der Waals surface area (Å²) in [6, 6.07) is 2.70. The number of sulfonamides is 1. The van der Waals surface area contributed by atoms with Crippen molar-refractivity contribution in [2.24, 2.45) is 0 Å². The van der Waals surface area contributed by atoms with Gasteiger partial charge in [0.2, 0.25) is 10.0 Å². The van der Waals surface area contributed by atoms with Crippen LogP contribution >= 0.6 is 11.6 Å². The van der Waals surface area contributed by atoms with Crippen molar-refractivity contribution in [3.05, 3.63) is 22.7 Å². The molecule has 1 saturated heterocycles. The smallest absolute Gasteiger partial charge is 0.243 e. The van der Waals surface area contributed by atoms with Gasteiger partial charge in [0, 0.05) is 13.1 Å². The first-order valence-electron chi connectivity index (χ1n) is 5.65. The molecule has 1 aromatic carbocycles. The quantitative estimate of drug-likeness (QED) is 0.665. The van der Waals surface area contributed by atoms with E-state index in [2.05, 4.69) is 0 Å². The van der Waals surface area contributed by atoms with Crippen molar-refractivity contribution in [3.8, 4) is 0 Å². The lowest BCUT2D eigenvalue weighted by Gasteiger charge is -2.17. The van der Waals surface area contributed by atoms with E-state index in [9.17, 15) is 18.6 Å². The van der Waals surface area contributed by atoms with E-state index < -0.39 is 22.2 Å². The van der Waals surface area contributed by atoms with Crippen LogP contribution in [0.15, 0.2) is 17.0 Å². The molecule has 0 spiro atoms. The van der Waals surface area contributed by atoms with Gasteiger partial charge in [-0.2, -0.15) is 4.31 Å². The predicted octanol–water partition coefficient (Wildman–Crippen LogP) is -0.0433. The van der Waals surface area contributed by atoms with Gasteiger partial charge in [0.1, 0.15) is 0 Å². The van der Waals surface area contributed by atoms with Gasteiger partial charge in [-0.15, -0.1) is 0 Å². The van der Waals surface area contributed by atoms with Crippen LogP contribution in [-0.2, 0) is 10.0 Å². The molecule has 2 rings (SSSR count). The average molecular weight is 307 g/mol. The molecule has 0 aromatic heterocycles. The number of nitrogens with two attached hydrogens (primary N) is 1. The normalized spacial score (nSPS) is 24.8. The van der Waals surface area contributed by atoms with Crippen LogP contribution in [0.3, 0.4) is 0 Å². The van der Waals surface area contributed by atoms with Crippen molar-refractivity contribution >= 4 is 27.3 Å². The van der Waals surface area contributed by atoms with Crippen molar-refractivity contribution in [1.82, 2.24) is 4.31 Å². The third kappa shape index (κ3) is 2.56. The second-order valence-corrected chi connectivity index (χ2v) is 6.92. The van der Waals surface area contributed by atoms with E-state index in [1.807, 2.05) is 0 Å². The van der Waals surface area contributed by atoms with Crippen LogP contribution in [0.25, 0.3) is 0 Å². The molecule has 0 amide bonds. The highest BCUT2D eigenvalue weighted by molar-refractivity contribution is 7.89. The highest BCUT2D eigenvalue weighted by atomic mass is 35.5. The zero-order chi connectivity index (χ0) is 14.4. The van der Waals surface area contributed by atoms with Crippen LogP contribution in [-0.4, -0.2) is 48.2 Å². The molecule has 1 heterocycles. The van der Waals surface area contributed by atoms with E-state index in [1.165, 1.54) is 12.1 Å². The molecule has 1 aliphatic heterocycles. The number of aliphatic hydroxyl groups excluding tert-OH is 2. The molecule has 0 aliphatic carbocycles. The fraction of sp³-hybridized carbons (Fsp3) is 0.455. The maximum absolute atomic E-state index is 12.3. The molecule has 4 N–H and O–H groups in total. The van der Waals surface area contributed by atoms with Crippen LogP contribution in [0.5, 0.6) is 0 Å². The van der Waals surface area contributed by atoms with Gasteiger partial charge in [-0.1, -0.05) is 11.6 Å². The lowest BCUT2D eigenvalue weighted by atomic mass is 10.2. The van der Waals surface area contributed by atoms with E-state index in [4.69, 9.17) is 17.3 Å². The second-order valence-electron chi connectivity index (χ2n) is 4.60. The van der Waals surface area contributed by atoms with Gasteiger partial charge in [-0.3, -0.25) is 0 Å². The summed E-state index contributed by atoms with van der Waals surface area (Å²) in [5, 5.41) is 19.2. The van der Waals surface area contributed by atoms with Crippen molar-refractivity contribution in [2.45, 2.75) is 24.0 Å². The summed E-state index contributed by atoms with van der Waals surface area (Å²) in [5.74, 6) is 0. The monoisotopic (exact) mass is 306 g/mol. The number of benzene rings is 1. The molecule has 19 heavy (non-hydrogen) atoms. The largest absolute Gasteiger partial charge is 0.397 e. The molecule has 0 saturated carbocycles. The second kappa shape index (κ2) is 4.92. The Hall–Kier alpha value is -0.860. The van der Waals surface area contributed by atoms with Crippen LogP contribution in [0, 0.1) is 6.92 Å². The summed E-state index contributed by atoms with van der Waals surface area (Å²) >= 11 is 5.89. The highest BCUT2D eigenvalue weighted by Crippen LogP contribution is 2.29. The van der Waals surface area contributed by atoms with Gasteiger partial charge < -0.3 is 15.9 Å². The number of nitrogens with zero attached hydrogens (tertiary/aromatic N) is 1. The van der Waals surface area contributed by atoms with Gasteiger partial charge in [0.15, 0.2) is 0 Å². The van der Waals surface area contributed by atoms with Crippen molar-refractivity contribution in [3.63, 3.8) is 0 Å². The maximum Gasteiger partial charge on any atom is 0.243 e.